The lowest BCUT2D eigenvalue weighted by molar-refractivity contribution is -0.119. The molecule has 0 amide bonds. The van der Waals surface area contributed by atoms with Gasteiger partial charge in [-0.3, -0.25) is 9.59 Å². The molecule has 1 heterocycles. The second-order valence-electron chi connectivity index (χ2n) is 11.0. The van der Waals surface area contributed by atoms with Crippen LogP contribution in [0.15, 0.2) is 46.8 Å². The van der Waals surface area contributed by atoms with Crippen LogP contribution >= 0.6 is 0 Å². The topological polar surface area (TPSA) is 46.6 Å². The second kappa shape index (κ2) is 7.65. The van der Waals surface area contributed by atoms with Crippen LogP contribution in [-0.2, 0) is 9.59 Å². The number of allylic oxidation sites excluding steroid dienone is 4. The summed E-state index contributed by atoms with van der Waals surface area (Å²) in [6.07, 6.45) is 3.66. The van der Waals surface area contributed by atoms with Crippen molar-refractivity contribution in [2.24, 2.45) is 10.8 Å². The molecule has 31 heavy (non-hydrogen) atoms. The zero-order chi connectivity index (χ0) is 22.6. The number of carbonyl (C=O) groups is 2. The fourth-order valence-corrected chi connectivity index (χ4v) is 5.50. The molecule has 1 aliphatic heterocycles. The predicted octanol–water partition coefficient (Wildman–Crippen LogP) is 5.79. The minimum atomic E-state index is -0.293. The first-order valence-corrected chi connectivity index (χ1v) is 11.5. The Bertz CT molecular complexity index is 941. The maximum atomic E-state index is 13.5. The van der Waals surface area contributed by atoms with Crippen LogP contribution < -0.4 is 4.74 Å². The summed E-state index contributed by atoms with van der Waals surface area (Å²) in [7, 11) is 2.05. The lowest BCUT2D eigenvalue weighted by atomic mass is 9.64. The van der Waals surface area contributed by atoms with E-state index in [1.807, 2.05) is 31.3 Å². The van der Waals surface area contributed by atoms with Crippen molar-refractivity contribution in [1.82, 2.24) is 4.90 Å². The molecule has 4 heteroatoms. The smallest absolute Gasteiger partial charge is 0.162 e. The van der Waals surface area contributed by atoms with Gasteiger partial charge in [-0.2, -0.15) is 0 Å². The molecule has 1 aromatic rings. The van der Waals surface area contributed by atoms with Crippen LogP contribution in [0, 0.1) is 10.8 Å². The number of ether oxygens (including phenoxy) is 1. The van der Waals surface area contributed by atoms with Crippen molar-refractivity contribution in [1.29, 1.82) is 0 Å². The SMILES string of the molecule is CCCOc1cccc(C2C3=C(CC(C)(C)CC3=O)N(C)C3=C2C(=O)CC(C)(C)C3)c1. The monoisotopic (exact) mass is 421 g/mol. The number of hydrogen-bond donors (Lipinski definition) is 0. The van der Waals surface area contributed by atoms with Gasteiger partial charge in [-0.15, -0.1) is 0 Å². The van der Waals surface area contributed by atoms with Gasteiger partial charge in [0.15, 0.2) is 11.6 Å². The maximum absolute atomic E-state index is 13.5. The highest BCUT2D eigenvalue weighted by atomic mass is 16.5. The molecule has 1 aromatic carbocycles. The minimum absolute atomic E-state index is 0.0763. The van der Waals surface area contributed by atoms with Gasteiger partial charge in [-0.1, -0.05) is 46.8 Å². The Balaban J connectivity index is 1.91. The van der Waals surface area contributed by atoms with E-state index in [1.54, 1.807) is 0 Å². The summed E-state index contributed by atoms with van der Waals surface area (Å²) in [6, 6.07) is 8.01. The van der Waals surface area contributed by atoms with Crippen molar-refractivity contribution >= 4 is 11.6 Å². The molecule has 2 aliphatic carbocycles. The van der Waals surface area contributed by atoms with E-state index in [2.05, 4.69) is 39.5 Å². The summed E-state index contributed by atoms with van der Waals surface area (Å²) in [5.41, 5.74) is 4.66. The molecular formula is C27H35NO3. The average Bonchev–Trinajstić information content (AvgIpc) is 2.66. The minimum Gasteiger partial charge on any atom is -0.494 e. The first-order valence-electron chi connectivity index (χ1n) is 11.5. The van der Waals surface area contributed by atoms with Gasteiger partial charge in [-0.05, 0) is 47.8 Å². The lowest BCUT2D eigenvalue weighted by Gasteiger charge is -2.47. The number of Topliss-reactive ketones (excluding diaryl/α,β-unsaturated/α-hetero) is 2. The Hall–Kier alpha value is -2.36. The van der Waals surface area contributed by atoms with Gasteiger partial charge in [0.25, 0.3) is 0 Å². The molecule has 0 fully saturated rings. The van der Waals surface area contributed by atoms with E-state index in [1.165, 1.54) is 0 Å². The predicted molar refractivity (Wildman–Crippen MR) is 123 cm³/mol. The third-order valence-electron chi connectivity index (χ3n) is 6.84. The van der Waals surface area contributed by atoms with Crippen molar-refractivity contribution in [2.45, 2.75) is 72.6 Å². The molecule has 0 atom stereocenters. The fourth-order valence-electron chi connectivity index (χ4n) is 5.50. The Morgan fingerprint density at radius 3 is 2.00 bits per heavy atom. The van der Waals surface area contributed by atoms with Gasteiger partial charge < -0.3 is 9.64 Å². The van der Waals surface area contributed by atoms with E-state index in [-0.39, 0.29) is 28.3 Å². The first-order chi connectivity index (χ1) is 14.5. The zero-order valence-electron chi connectivity index (χ0n) is 19.8. The van der Waals surface area contributed by atoms with Gasteiger partial charge in [0.2, 0.25) is 0 Å². The first kappa shape index (κ1) is 21.9. The highest BCUT2D eigenvalue weighted by Gasteiger charge is 2.48. The molecular weight excluding hydrogens is 386 g/mol. The van der Waals surface area contributed by atoms with Crippen molar-refractivity contribution in [2.75, 3.05) is 13.7 Å². The highest BCUT2D eigenvalue weighted by Crippen LogP contribution is 2.54. The molecule has 0 spiro atoms. The average molecular weight is 422 g/mol. The second-order valence-corrected chi connectivity index (χ2v) is 11.0. The fraction of sp³-hybridized carbons (Fsp3) is 0.556. The van der Waals surface area contributed by atoms with Crippen molar-refractivity contribution in [3.8, 4) is 5.75 Å². The third-order valence-corrected chi connectivity index (χ3v) is 6.84. The summed E-state index contributed by atoms with van der Waals surface area (Å²) >= 11 is 0. The van der Waals surface area contributed by atoms with E-state index in [4.69, 9.17) is 4.74 Å². The zero-order valence-corrected chi connectivity index (χ0v) is 19.8. The normalized spacial score (nSPS) is 23.1. The van der Waals surface area contributed by atoms with Crippen molar-refractivity contribution < 1.29 is 14.3 Å². The third kappa shape index (κ3) is 3.97. The highest BCUT2D eigenvalue weighted by molar-refractivity contribution is 6.06. The van der Waals surface area contributed by atoms with Crippen LogP contribution in [0.1, 0.15) is 78.2 Å². The molecule has 4 rings (SSSR count). The molecule has 0 N–H and O–H groups in total. The maximum Gasteiger partial charge on any atom is 0.162 e. The standard InChI is InChI=1S/C27H35NO3/c1-7-11-31-18-10-8-9-17(12-18)23-24-19(13-26(2,3)15-21(24)29)28(6)20-14-27(4,5)16-22(30)25(20)23/h8-10,12,23H,7,11,13-16H2,1-6H3. The van der Waals surface area contributed by atoms with E-state index in [0.29, 0.717) is 19.4 Å². The summed E-state index contributed by atoms with van der Waals surface area (Å²) in [6.45, 7) is 11.4. The van der Waals surface area contributed by atoms with Gasteiger partial charge in [-0.25, -0.2) is 0 Å². The number of nitrogens with zero attached hydrogens (tertiary/aromatic N) is 1. The molecule has 0 aromatic heterocycles. The summed E-state index contributed by atoms with van der Waals surface area (Å²) in [4.78, 5) is 29.2. The number of hydrogen-bond acceptors (Lipinski definition) is 4. The van der Waals surface area contributed by atoms with Crippen LogP contribution in [-0.4, -0.2) is 30.1 Å². The van der Waals surface area contributed by atoms with Gasteiger partial charge in [0, 0.05) is 48.3 Å². The molecule has 166 valence electrons. The largest absolute Gasteiger partial charge is 0.494 e. The lowest BCUT2D eigenvalue weighted by Crippen LogP contribution is -2.43. The van der Waals surface area contributed by atoms with Gasteiger partial charge in [0.1, 0.15) is 5.75 Å². The van der Waals surface area contributed by atoms with Crippen LogP contribution in [0.3, 0.4) is 0 Å². The van der Waals surface area contributed by atoms with E-state index < -0.39 is 0 Å². The van der Waals surface area contributed by atoms with Crippen LogP contribution in [0.2, 0.25) is 0 Å². The molecule has 0 saturated carbocycles. The van der Waals surface area contributed by atoms with Crippen molar-refractivity contribution in [3.63, 3.8) is 0 Å². The van der Waals surface area contributed by atoms with Crippen LogP contribution in [0.25, 0.3) is 0 Å². The summed E-state index contributed by atoms with van der Waals surface area (Å²) in [5.74, 6) is 0.854. The molecule has 3 aliphatic rings. The Kier molecular flexibility index (Phi) is 5.39. The van der Waals surface area contributed by atoms with Crippen LogP contribution in [0.5, 0.6) is 5.75 Å². The Morgan fingerprint density at radius 2 is 1.48 bits per heavy atom. The van der Waals surface area contributed by atoms with Gasteiger partial charge in [0.05, 0.1) is 6.61 Å². The summed E-state index contributed by atoms with van der Waals surface area (Å²) in [5, 5.41) is 0. The number of benzene rings is 1. The van der Waals surface area contributed by atoms with Crippen LogP contribution in [0.4, 0.5) is 0 Å². The number of carbonyl (C=O) groups excluding carboxylic acids is 2. The quantitative estimate of drug-likeness (QED) is 0.617. The molecule has 0 saturated heterocycles. The van der Waals surface area contributed by atoms with E-state index in [9.17, 15) is 9.59 Å². The molecule has 0 radical (unpaired) electrons. The van der Waals surface area contributed by atoms with Gasteiger partial charge >= 0.3 is 0 Å². The number of rotatable bonds is 4. The molecule has 0 unspecified atom stereocenters. The molecule has 0 bridgehead atoms. The summed E-state index contributed by atoms with van der Waals surface area (Å²) < 4.78 is 5.89. The molecule has 4 nitrogen and oxygen atoms in total. The van der Waals surface area contributed by atoms with E-state index >= 15 is 0 Å². The van der Waals surface area contributed by atoms with E-state index in [0.717, 1.165) is 53.1 Å². The Labute approximate surface area is 186 Å². The Morgan fingerprint density at radius 1 is 0.935 bits per heavy atom. The number of ketones is 2. The van der Waals surface area contributed by atoms with Crippen molar-refractivity contribution in [3.05, 3.63) is 52.4 Å².